The highest BCUT2D eigenvalue weighted by molar-refractivity contribution is 6.02. The van der Waals surface area contributed by atoms with Gasteiger partial charge in [0.15, 0.2) is 0 Å². The maximum absolute atomic E-state index is 5.92. The monoisotopic (exact) mass is 242 g/mol. The summed E-state index contributed by atoms with van der Waals surface area (Å²) in [5, 5.41) is 9.31. The summed E-state index contributed by atoms with van der Waals surface area (Å²) in [7, 11) is 0. The van der Waals surface area contributed by atoms with E-state index in [1.807, 2.05) is 12.1 Å². The molecule has 4 nitrogen and oxygen atoms in total. The van der Waals surface area contributed by atoms with Crippen molar-refractivity contribution in [3.63, 3.8) is 0 Å². The van der Waals surface area contributed by atoms with Crippen molar-refractivity contribution < 1.29 is 0 Å². The number of anilines is 2. The highest BCUT2D eigenvalue weighted by Crippen LogP contribution is 2.41. The topological polar surface area (TPSA) is 76.1 Å². The maximum Gasteiger partial charge on any atom is 0.137 e. The SMILES string of the molecule is CCC1(C(N)N)Nc2ccc3ccccc3c2N1. The van der Waals surface area contributed by atoms with Crippen molar-refractivity contribution in [2.45, 2.75) is 25.2 Å². The zero-order valence-electron chi connectivity index (χ0n) is 10.4. The van der Waals surface area contributed by atoms with Crippen LogP contribution in [0.1, 0.15) is 13.3 Å². The van der Waals surface area contributed by atoms with E-state index in [1.165, 1.54) is 10.8 Å². The van der Waals surface area contributed by atoms with E-state index in [9.17, 15) is 0 Å². The summed E-state index contributed by atoms with van der Waals surface area (Å²) in [6.07, 6.45) is 0.349. The summed E-state index contributed by atoms with van der Waals surface area (Å²) in [6.45, 7) is 2.07. The third-order valence-corrected chi connectivity index (χ3v) is 3.76. The lowest BCUT2D eigenvalue weighted by Gasteiger charge is -2.33. The summed E-state index contributed by atoms with van der Waals surface area (Å²) in [4.78, 5) is 0. The molecule has 2 aromatic rings. The van der Waals surface area contributed by atoms with E-state index in [1.54, 1.807) is 0 Å². The molecule has 0 fully saturated rings. The van der Waals surface area contributed by atoms with Crippen LogP contribution < -0.4 is 22.1 Å². The third kappa shape index (κ3) is 1.46. The second-order valence-electron chi connectivity index (χ2n) is 4.81. The molecule has 2 aromatic carbocycles. The van der Waals surface area contributed by atoms with Crippen LogP contribution in [0.5, 0.6) is 0 Å². The Hall–Kier alpha value is -1.78. The minimum atomic E-state index is -0.464. The Kier molecular flexibility index (Phi) is 2.43. The summed E-state index contributed by atoms with van der Waals surface area (Å²) in [5.74, 6) is 0. The molecule has 1 aliphatic rings. The first-order valence-corrected chi connectivity index (χ1v) is 6.25. The standard InChI is InChI=1S/C14H18N4/c1-2-14(13(15)16)17-11-8-7-9-5-3-4-6-10(9)12(11)18-14/h3-8,13,17-18H,2,15-16H2,1H3. The third-order valence-electron chi connectivity index (χ3n) is 3.76. The molecule has 0 aromatic heterocycles. The van der Waals surface area contributed by atoms with E-state index in [0.717, 1.165) is 17.8 Å². The first-order chi connectivity index (χ1) is 8.66. The number of fused-ring (bicyclic) bond motifs is 3. The van der Waals surface area contributed by atoms with Gasteiger partial charge in [0, 0.05) is 5.39 Å². The molecular formula is C14H18N4. The fourth-order valence-electron chi connectivity index (χ4n) is 2.58. The van der Waals surface area contributed by atoms with Gasteiger partial charge < -0.3 is 22.1 Å². The Bertz CT molecular complexity index is 593. The molecule has 1 atom stereocenters. The highest BCUT2D eigenvalue weighted by atomic mass is 15.3. The fourth-order valence-corrected chi connectivity index (χ4v) is 2.58. The lowest BCUT2D eigenvalue weighted by atomic mass is 10.1. The molecule has 94 valence electrons. The van der Waals surface area contributed by atoms with Gasteiger partial charge in [-0.05, 0) is 17.9 Å². The van der Waals surface area contributed by atoms with Crippen LogP contribution in [0.3, 0.4) is 0 Å². The van der Waals surface area contributed by atoms with Gasteiger partial charge in [0.1, 0.15) is 5.66 Å². The van der Waals surface area contributed by atoms with Crippen molar-refractivity contribution in [2.75, 3.05) is 10.6 Å². The average molecular weight is 242 g/mol. The fraction of sp³-hybridized carbons (Fsp3) is 0.286. The molecule has 0 bridgehead atoms. The Morgan fingerprint density at radius 2 is 1.89 bits per heavy atom. The molecule has 1 aliphatic heterocycles. The largest absolute Gasteiger partial charge is 0.359 e. The molecule has 3 rings (SSSR count). The number of hydrogen-bond donors (Lipinski definition) is 4. The first-order valence-electron chi connectivity index (χ1n) is 6.25. The molecule has 0 amide bonds. The van der Waals surface area contributed by atoms with Gasteiger partial charge in [0.05, 0.1) is 17.5 Å². The van der Waals surface area contributed by atoms with Gasteiger partial charge >= 0.3 is 0 Å². The van der Waals surface area contributed by atoms with Crippen LogP contribution in [0.15, 0.2) is 36.4 Å². The van der Waals surface area contributed by atoms with Crippen LogP contribution in [0.25, 0.3) is 10.8 Å². The molecule has 0 aliphatic carbocycles. The van der Waals surface area contributed by atoms with E-state index in [-0.39, 0.29) is 0 Å². The van der Waals surface area contributed by atoms with Gasteiger partial charge in [-0.15, -0.1) is 0 Å². The minimum absolute atomic E-state index is 0.452. The van der Waals surface area contributed by atoms with Gasteiger partial charge in [-0.1, -0.05) is 37.3 Å². The molecule has 0 saturated heterocycles. The first kappa shape index (κ1) is 11.3. The number of nitrogens with two attached hydrogens (primary N) is 2. The predicted octanol–water partition coefficient (Wildman–Crippen LogP) is 2.03. The normalized spacial score (nSPS) is 21.8. The number of benzene rings is 2. The maximum atomic E-state index is 5.92. The molecule has 0 saturated carbocycles. The Morgan fingerprint density at radius 3 is 2.61 bits per heavy atom. The summed E-state index contributed by atoms with van der Waals surface area (Å²) in [6, 6.07) is 12.5. The quantitative estimate of drug-likeness (QED) is 0.608. The van der Waals surface area contributed by atoms with Crippen molar-refractivity contribution in [1.29, 1.82) is 0 Å². The second kappa shape index (κ2) is 3.86. The van der Waals surface area contributed by atoms with Crippen LogP contribution in [0, 0.1) is 0 Å². The molecule has 1 unspecified atom stereocenters. The zero-order chi connectivity index (χ0) is 12.8. The van der Waals surface area contributed by atoms with E-state index in [4.69, 9.17) is 11.5 Å². The Labute approximate surface area is 106 Å². The zero-order valence-corrected chi connectivity index (χ0v) is 10.4. The summed E-state index contributed by atoms with van der Waals surface area (Å²) in [5.41, 5.74) is 13.5. The lowest BCUT2D eigenvalue weighted by Crippen LogP contribution is -2.60. The van der Waals surface area contributed by atoms with Crippen LogP contribution >= 0.6 is 0 Å². The van der Waals surface area contributed by atoms with Crippen molar-refractivity contribution >= 4 is 22.1 Å². The number of rotatable bonds is 2. The Balaban J connectivity index is 2.15. The number of hydrogen-bond acceptors (Lipinski definition) is 4. The summed E-state index contributed by atoms with van der Waals surface area (Å²) < 4.78 is 0. The predicted molar refractivity (Wildman–Crippen MR) is 76.4 cm³/mol. The molecule has 18 heavy (non-hydrogen) atoms. The van der Waals surface area contributed by atoms with E-state index in [0.29, 0.717) is 0 Å². The number of nitrogens with one attached hydrogen (secondary N) is 2. The smallest absolute Gasteiger partial charge is 0.137 e. The van der Waals surface area contributed by atoms with Crippen LogP contribution in [-0.4, -0.2) is 11.8 Å². The van der Waals surface area contributed by atoms with Crippen LogP contribution in [-0.2, 0) is 0 Å². The van der Waals surface area contributed by atoms with Crippen molar-refractivity contribution in [2.24, 2.45) is 11.5 Å². The molecule has 0 radical (unpaired) electrons. The Morgan fingerprint density at radius 1 is 1.11 bits per heavy atom. The minimum Gasteiger partial charge on any atom is -0.359 e. The van der Waals surface area contributed by atoms with E-state index < -0.39 is 11.8 Å². The van der Waals surface area contributed by atoms with Gasteiger partial charge in [0.25, 0.3) is 0 Å². The van der Waals surface area contributed by atoms with Crippen LogP contribution in [0.4, 0.5) is 11.4 Å². The molecule has 6 N–H and O–H groups in total. The summed E-state index contributed by atoms with van der Waals surface area (Å²) >= 11 is 0. The second-order valence-corrected chi connectivity index (χ2v) is 4.81. The van der Waals surface area contributed by atoms with Crippen molar-refractivity contribution in [1.82, 2.24) is 0 Å². The molecule has 0 spiro atoms. The molecule has 1 heterocycles. The lowest BCUT2D eigenvalue weighted by molar-refractivity contribution is 0.427. The molecule has 4 heteroatoms. The van der Waals surface area contributed by atoms with E-state index >= 15 is 0 Å². The van der Waals surface area contributed by atoms with Gasteiger partial charge in [0.2, 0.25) is 0 Å². The van der Waals surface area contributed by atoms with Crippen LogP contribution in [0.2, 0.25) is 0 Å². The van der Waals surface area contributed by atoms with E-state index in [2.05, 4.69) is 41.8 Å². The van der Waals surface area contributed by atoms with Crippen molar-refractivity contribution in [3.05, 3.63) is 36.4 Å². The molecular weight excluding hydrogens is 224 g/mol. The van der Waals surface area contributed by atoms with Gasteiger partial charge in [-0.25, -0.2) is 0 Å². The van der Waals surface area contributed by atoms with Gasteiger partial charge in [-0.2, -0.15) is 0 Å². The average Bonchev–Trinajstić information content (AvgIpc) is 2.79. The van der Waals surface area contributed by atoms with Crippen molar-refractivity contribution in [3.8, 4) is 0 Å². The van der Waals surface area contributed by atoms with Gasteiger partial charge in [-0.3, -0.25) is 0 Å². The highest BCUT2D eigenvalue weighted by Gasteiger charge is 2.39.